The zero-order chi connectivity index (χ0) is 17.5. The van der Waals surface area contributed by atoms with Crippen LogP contribution in [0.4, 0.5) is 5.82 Å². The minimum absolute atomic E-state index is 0.579. The Morgan fingerprint density at radius 2 is 1.96 bits per heavy atom. The van der Waals surface area contributed by atoms with E-state index in [1.165, 1.54) is 25.7 Å². The van der Waals surface area contributed by atoms with Crippen LogP contribution < -0.4 is 15.5 Å². The quantitative estimate of drug-likeness (QED) is 0.630. The minimum atomic E-state index is 0.579. The van der Waals surface area contributed by atoms with Crippen molar-refractivity contribution in [2.24, 2.45) is 4.99 Å². The fourth-order valence-corrected chi connectivity index (χ4v) is 3.49. The number of nitrogens with one attached hydrogen (secondary N) is 2. The van der Waals surface area contributed by atoms with Gasteiger partial charge in [0.05, 0.1) is 6.54 Å². The fraction of sp³-hybridized carbons (Fsp3) is 0.684. The lowest BCUT2D eigenvalue weighted by molar-refractivity contribution is 0.312. The number of piperazine rings is 1. The molecule has 25 heavy (non-hydrogen) atoms. The molecule has 2 N–H and O–H groups in total. The number of likely N-dealkylation sites (N-methyl/N-ethyl adjacent to an activating group) is 1. The number of hydrogen-bond acceptors (Lipinski definition) is 4. The summed E-state index contributed by atoms with van der Waals surface area (Å²) in [6.07, 6.45) is 7.14. The molecule has 1 aliphatic carbocycles. The highest BCUT2D eigenvalue weighted by atomic mass is 15.3. The number of anilines is 1. The molecule has 1 saturated heterocycles. The van der Waals surface area contributed by atoms with Crippen LogP contribution in [-0.4, -0.2) is 61.7 Å². The molecular formula is C19H32N6. The van der Waals surface area contributed by atoms with Gasteiger partial charge in [0.1, 0.15) is 5.82 Å². The fourth-order valence-electron chi connectivity index (χ4n) is 3.49. The maximum absolute atomic E-state index is 4.73. The molecule has 2 fully saturated rings. The molecule has 2 aliphatic rings. The molecular weight excluding hydrogens is 312 g/mol. The Kier molecular flexibility index (Phi) is 6.50. The third kappa shape index (κ3) is 5.33. The van der Waals surface area contributed by atoms with Gasteiger partial charge in [0.15, 0.2) is 5.96 Å². The van der Waals surface area contributed by atoms with Crippen LogP contribution in [0.2, 0.25) is 0 Å². The molecule has 2 heterocycles. The maximum Gasteiger partial charge on any atom is 0.191 e. The number of nitrogens with zero attached hydrogens (tertiary/aromatic N) is 4. The molecule has 0 atom stereocenters. The second-order valence-corrected chi connectivity index (χ2v) is 7.14. The van der Waals surface area contributed by atoms with E-state index in [0.717, 1.165) is 50.1 Å². The van der Waals surface area contributed by atoms with E-state index >= 15 is 0 Å². The van der Waals surface area contributed by atoms with Crippen LogP contribution in [0.15, 0.2) is 23.3 Å². The first kappa shape index (κ1) is 18.0. The molecule has 1 aromatic heterocycles. The Hall–Kier alpha value is -1.82. The van der Waals surface area contributed by atoms with Crippen molar-refractivity contribution in [3.63, 3.8) is 0 Å². The minimum Gasteiger partial charge on any atom is -0.357 e. The highest BCUT2D eigenvalue weighted by Gasteiger charge is 2.16. The van der Waals surface area contributed by atoms with Gasteiger partial charge in [-0.1, -0.05) is 18.9 Å². The summed E-state index contributed by atoms with van der Waals surface area (Å²) >= 11 is 0. The van der Waals surface area contributed by atoms with Crippen LogP contribution in [0.3, 0.4) is 0 Å². The van der Waals surface area contributed by atoms with E-state index in [1.54, 1.807) is 0 Å². The monoisotopic (exact) mass is 344 g/mol. The van der Waals surface area contributed by atoms with Gasteiger partial charge in [-0.3, -0.25) is 0 Å². The zero-order valence-corrected chi connectivity index (χ0v) is 15.7. The lowest BCUT2D eigenvalue weighted by Gasteiger charge is -2.33. The Morgan fingerprint density at radius 3 is 2.60 bits per heavy atom. The Balaban J connectivity index is 1.55. The van der Waals surface area contributed by atoms with Gasteiger partial charge in [0, 0.05) is 45.0 Å². The van der Waals surface area contributed by atoms with Crippen molar-refractivity contribution in [2.45, 2.75) is 45.2 Å². The first-order valence-electron chi connectivity index (χ1n) is 9.68. The molecule has 0 unspecified atom stereocenters. The summed E-state index contributed by atoms with van der Waals surface area (Å²) in [5, 5.41) is 6.91. The molecule has 138 valence electrons. The van der Waals surface area contributed by atoms with Crippen molar-refractivity contribution in [3.8, 4) is 0 Å². The molecule has 0 radical (unpaired) electrons. The number of rotatable bonds is 5. The maximum atomic E-state index is 4.73. The predicted octanol–water partition coefficient (Wildman–Crippen LogP) is 1.83. The Bertz CT molecular complexity index is 542. The standard InChI is InChI=1S/C19H32N6/c1-3-20-19(23-17-6-4-5-7-17)22-15-16-8-9-18(21-14-16)25-12-10-24(2)11-13-25/h8-9,14,17H,3-7,10-13,15H2,1-2H3,(H2,20,22,23). The third-order valence-corrected chi connectivity index (χ3v) is 5.10. The van der Waals surface area contributed by atoms with Crippen LogP contribution in [0, 0.1) is 0 Å². The second-order valence-electron chi connectivity index (χ2n) is 7.14. The number of pyridine rings is 1. The molecule has 3 rings (SSSR count). The number of hydrogen-bond donors (Lipinski definition) is 2. The topological polar surface area (TPSA) is 55.8 Å². The normalized spacial score (nSPS) is 20.1. The third-order valence-electron chi connectivity index (χ3n) is 5.10. The van der Waals surface area contributed by atoms with E-state index in [-0.39, 0.29) is 0 Å². The van der Waals surface area contributed by atoms with Crippen molar-refractivity contribution in [1.29, 1.82) is 0 Å². The smallest absolute Gasteiger partial charge is 0.191 e. The summed E-state index contributed by atoms with van der Waals surface area (Å²) in [6.45, 7) is 7.97. The lowest BCUT2D eigenvalue weighted by Crippen LogP contribution is -2.44. The lowest BCUT2D eigenvalue weighted by atomic mass is 10.2. The van der Waals surface area contributed by atoms with E-state index in [9.17, 15) is 0 Å². The summed E-state index contributed by atoms with van der Waals surface area (Å²) in [5.74, 6) is 2.01. The molecule has 6 heteroatoms. The SMILES string of the molecule is CCNC(=NCc1ccc(N2CCN(C)CC2)nc1)NC1CCCC1. The van der Waals surface area contributed by atoms with Gasteiger partial charge in [0.25, 0.3) is 0 Å². The van der Waals surface area contributed by atoms with Crippen molar-refractivity contribution in [3.05, 3.63) is 23.9 Å². The van der Waals surface area contributed by atoms with E-state index < -0.39 is 0 Å². The van der Waals surface area contributed by atoms with Crippen LogP contribution in [0.1, 0.15) is 38.2 Å². The van der Waals surface area contributed by atoms with E-state index in [4.69, 9.17) is 4.99 Å². The van der Waals surface area contributed by atoms with Crippen LogP contribution >= 0.6 is 0 Å². The van der Waals surface area contributed by atoms with Crippen LogP contribution in [0.5, 0.6) is 0 Å². The predicted molar refractivity (Wildman–Crippen MR) is 104 cm³/mol. The van der Waals surface area contributed by atoms with Gasteiger partial charge >= 0.3 is 0 Å². The van der Waals surface area contributed by atoms with E-state index in [0.29, 0.717) is 12.6 Å². The van der Waals surface area contributed by atoms with E-state index in [2.05, 4.69) is 51.5 Å². The molecule has 1 aliphatic heterocycles. The second kappa shape index (κ2) is 9.04. The largest absolute Gasteiger partial charge is 0.357 e. The zero-order valence-electron chi connectivity index (χ0n) is 15.7. The number of aromatic nitrogens is 1. The first-order valence-corrected chi connectivity index (χ1v) is 9.68. The molecule has 0 aromatic carbocycles. The van der Waals surface area contributed by atoms with Crippen LogP contribution in [-0.2, 0) is 6.54 Å². The van der Waals surface area contributed by atoms with Crippen LogP contribution in [0.25, 0.3) is 0 Å². The van der Waals surface area contributed by atoms with Crippen molar-refractivity contribution in [2.75, 3.05) is 44.7 Å². The van der Waals surface area contributed by atoms with Gasteiger partial charge in [-0.15, -0.1) is 0 Å². The highest BCUT2D eigenvalue weighted by Crippen LogP contribution is 2.17. The summed E-state index contributed by atoms with van der Waals surface area (Å²) in [4.78, 5) is 14.1. The van der Waals surface area contributed by atoms with Gasteiger partial charge in [-0.25, -0.2) is 9.98 Å². The Morgan fingerprint density at radius 1 is 1.20 bits per heavy atom. The van der Waals surface area contributed by atoms with Gasteiger partial charge in [0.2, 0.25) is 0 Å². The molecule has 0 amide bonds. The number of guanidine groups is 1. The first-order chi connectivity index (χ1) is 12.2. The molecule has 1 saturated carbocycles. The summed E-state index contributed by atoms with van der Waals surface area (Å²) in [6, 6.07) is 4.87. The number of aliphatic imine (C=N–C) groups is 1. The molecule has 6 nitrogen and oxygen atoms in total. The summed E-state index contributed by atoms with van der Waals surface area (Å²) in [7, 11) is 2.17. The molecule has 0 bridgehead atoms. The summed E-state index contributed by atoms with van der Waals surface area (Å²) in [5.41, 5.74) is 1.15. The van der Waals surface area contributed by atoms with Crippen molar-refractivity contribution in [1.82, 2.24) is 20.5 Å². The Labute approximate surface area is 151 Å². The highest BCUT2D eigenvalue weighted by molar-refractivity contribution is 5.80. The van der Waals surface area contributed by atoms with Gasteiger partial charge in [-0.2, -0.15) is 0 Å². The molecule has 0 spiro atoms. The van der Waals surface area contributed by atoms with Crippen molar-refractivity contribution >= 4 is 11.8 Å². The van der Waals surface area contributed by atoms with Gasteiger partial charge in [-0.05, 0) is 38.4 Å². The molecule has 1 aromatic rings. The van der Waals surface area contributed by atoms with Gasteiger partial charge < -0.3 is 20.4 Å². The van der Waals surface area contributed by atoms with Crippen molar-refractivity contribution < 1.29 is 0 Å². The summed E-state index contributed by atoms with van der Waals surface area (Å²) < 4.78 is 0. The average molecular weight is 345 g/mol. The van der Waals surface area contributed by atoms with E-state index in [1.807, 2.05) is 6.20 Å². The average Bonchev–Trinajstić information content (AvgIpc) is 3.14.